The van der Waals surface area contributed by atoms with E-state index in [2.05, 4.69) is 34.7 Å². The summed E-state index contributed by atoms with van der Waals surface area (Å²) in [6, 6.07) is 6.68. The molecule has 0 spiro atoms. The van der Waals surface area contributed by atoms with Gasteiger partial charge in [0.1, 0.15) is 12.1 Å². The molecule has 1 aromatic rings. The summed E-state index contributed by atoms with van der Waals surface area (Å²) < 4.78 is 0. The van der Waals surface area contributed by atoms with Crippen molar-refractivity contribution in [1.82, 2.24) is 20.9 Å². The van der Waals surface area contributed by atoms with Crippen LogP contribution in [0, 0.1) is 5.92 Å². The number of amides is 3. The number of rotatable bonds is 7. The average Bonchev–Trinajstić information content (AvgIpc) is 3.13. The first-order valence-electron chi connectivity index (χ1n) is 12.3. The predicted octanol–water partition coefficient (Wildman–Crippen LogP) is 2.53. The van der Waals surface area contributed by atoms with Gasteiger partial charge in [0.25, 0.3) is 0 Å². The monoisotopic (exact) mass is 484 g/mol. The quantitative estimate of drug-likeness (QED) is 0.518. The highest BCUT2D eigenvalue weighted by Crippen LogP contribution is 2.41. The third-order valence-electron chi connectivity index (χ3n) is 7.40. The molecule has 1 aromatic carbocycles. The minimum absolute atomic E-state index is 0.0171. The van der Waals surface area contributed by atoms with Crippen LogP contribution in [0.4, 0.5) is 0 Å². The minimum atomic E-state index is -0.617. The Kier molecular flexibility index (Phi) is 7.99. The zero-order valence-corrected chi connectivity index (χ0v) is 20.9. The molecule has 3 N–H and O–H groups in total. The van der Waals surface area contributed by atoms with Gasteiger partial charge < -0.3 is 20.9 Å². The molecule has 184 valence electrons. The first-order chi connectivity index (χ1) is 16.4. The highest BCUT2D eigenvalue weighted by atomic mass is 32.2. The number of likely N-dealkylation sites (N-methyl/N-ethyl adjacent to an activating group) is 1. The number of fused-ring (bicyclic) bond motifs is 2. The van der Waals surface area contributed by atoms with Crippen molar-refractivity contribution in [3.8, 4) is 0 Å². The normalized spacial score (nSPS) is 29.4. The summed E-state index contributed by atoms with van der Waals surface area (Å²) in [5, 5.41) is 9.06. The fourth-order valence-electron chi connectivity index (χ4n) is 5.46. The van der Waals surface area contributed by atoms with Crippen LogP contribution in [-0.2, 0) is 20.8 Å². The summed E-state index contributed by atoms with van der Waals surface area (Å²) in [7, 11) is 1.72. The van der Waals surface area contributed by atoms with E-state index in [1.807, 2.05) is 18.2 Å². The number of allylic oxidation sites excluding steroid dienone is 1. The van der Waals surface area contributed by atoms with Crippen molar-refractivity contribution in [2.24, 2.45) is 5.92 Å². The Balaban J connectivity index is 1.56. The highest BCUT2D eigenvalue weighted by molar-refractivity contribution is 7.99. The van der Waals surface area contributed by atoms with Crippen molar-refractivity contribution < 1.29 is 14.4 Å². The van der Waals surface area contributed by atoms with E-state index < -0.39 is 18.1 Å². The number of carbonyl (C=O) groups excluding carboxylic acids is 3. The molecule has 0 saturated carbocycles. The number of carbonyl (C=O) groups is 3. The van der Waals surface area contributed by atoms with Crippen LogP contribution in [0.1, 0.15) is 56.2 Å². The van der Waals surface area contributed by atoms with E-state index in [-0.39, 0.29) is 35.1 Å². The molecule has 7 nitrogen and oxygen atoms in total. The van der Waals surface area contributed by atoms with Crippen molar-refractivity contribution in [3.05, 3.63) is 48.0 Å². The summed E-state index contributed by atoms with van der Waals surface area (Å²) in [6.45, 7) is 5.66. The average molecular weight is 485 g/mol. The maximum atomic E-state index is 13.8. The van der Waals surface area contributed by atoms with E-state index in [1.54, 1.807) is 30.6 Å². The van der Waals surface area contributed by atoms with E-state index >= 15 is 0 Å². The van der Waals surface area contributed by atoms with Gasteiger partial charge in [-0.3, -0.25) is 14.4 Å². The minimum Gasteiger partial charge on any atom is -0.347 e. The molecular weight excluding hydrogens is 448 g/mol. The first kappa shape index (κ1) is 24.8. The van der Waals surface area contributed by atoms with Crippen LogP contribution in [0.25, 0.3) is 0 Å². The molecule has 1 aliphatic carbocycles. The zero-order valence-electron chi connectivity index (χ0n) is 20.1. The summed E-state index contributed by atoms with van der Waals surface area (Å²) in [4.78, 5) is 41.7. The van der Waals surface area contributed by atoms with Crippen LogP contribution >= 0.6 is 11.8 Å². The molecule has 8 heteroatoms. The summed E-state index contributed by atoms with van der Waals surface area (Å²) in [6.07, 6.45) is 6.80. The zero-order chi connectivity index (χ0) is 24.2. The van der Waals surface area contributed by atoms with E-state index in [0.29, 0.717) is 12.8 Å². The molecule has 2 saturated heterocycles. The maximum absolute atomic E-state index is 13.8. The van der Waals surface area contributed by atoms with Gasteiger partial charge >= 0.3 is 0 Å². The van der Waals surface area contributed by atoms with Gasteiger partial charge in [-0.05, 0) is 75.3 Å². The number of nitrogens with zero attached hydrogens (tertiary/aromatic N) is 1. The molecule has 2 fully saturated rings. The highest BCUT2D eigenvalue weighted by Gasteiger charge is 2.50. The second-order valence-corrected chi connectivity index (χ2v) is 10.8. The largest absolute Gasteiger partial charge is 0.347 e. The number of aryl methyl sites for hydroxylation is 1. The van der Waals surface area contributed by atoms with Crippen molar-refractivity contribution in [3.63, 3.8) is 0 Å². The van der Waals surface area contributed by atoms with Crippen LogP contribution in [0.15, 0.2) is 36.9 Å². The van der Waals surface area contributed by atoms with Crippen molar-refractivity contribution in [1.29, 1.82) is 0 Å². The molecule has 0 radical (unpaired) electrons. The first-order valence-corrected chi connectivity index (χ1v) is 13.4. The number of benzene rings is 1. The molecule has 3 unspecified atom stereocenters. The Hall–Kier alpha value is -2.32. The van der Waals surface area contributed by atoms with Gasteiger partial charge in [0, 0.05) is 0 Å². The predicted molar refractivity (Wildman–Crippen MR) is 135 cm³/mol. The summed E-state index contributed by atoms with van der Waals surface area (Å²) in [5.74, 6) is 0.328. The van der Waals surface area contributed by atoms with Crippen molar-refractivity contribution >= 4 is 29.5 Å². The van der Waals surface area contributed by atoms with Gasteiger partial charge in [-0.15, -0.1) is 18.3 Å². The SMILES string of the molecule is C=CCC1C[C@@H]2SCC[C@H](NC(=O)[C@H](C)NC)C(=O)N2C1C(=O)NC1CCCc2ccccc21. The van der Waals surface area contributed by atoms with E-state index in [1.165, 1.54) is 11.1 Å². The van der Waals surface area contributed by atoms with Crippen LogP contribution in [0.5, 0.6) is 0 Å². The van der Waals surface area contributed by atoms with Gasteiger partial charge in [-0.25, -0.2) is 0 Å². The fourth-order valence-corrected chi connectivity index (χ4v) is 6.89. The van der Waals surface area contributed by atoms with Crippen molar-refractivity contribution in [2.45, 2.75) is 75.0 Å². The number of hydrogen-bond donors (Lipinski definition) is 3. The van der Waals surface area contributed by atoms with Crippen LogP contribution in [0.3, 0.4) is 0 Å². The number of thioether (sulfide) groups is 1. The molecule has 4 rings (SSSR count). The molecule has 0 bridgehead atoms. The van der Waals surface area contributed by atoms with Crippen LogP contribution in [-0.4, -0.2) is 58.9 Å². The Morgan fingerprint density at radius 2 is 2.03 bits per heavy atom. The van der Waals surface area contributed by atoms with Crippen LogP contribution in [0.2, 0.25) is 0 Å². The molecular formula is C26H36N4O3S. The van der Waals surface area contributed by atoms with E-state index in [4.69, 9.17) is 0 Å². The van der Waals surface area contributed by atoms with E-state index in [0.717, 1.165) is 31.4 Å². The van der Waals surface area contributed by atoms with E-state index in [9.17, 15) is 14.4 Å². The number of nitrogens with one attached hydrogen (secondary N) is 3. The molecule has 3 aliphatic rings. The molecule has 3 amide bonds. The Morgan fingerprint density at radius 1 is 1.24 bits per heavy atom. The fraction of sp³-hybridized carbons (Fsp3) is 0.577. The molecule has 34 heavy (non-hydrogen) atoms. The molecule has 0 aromatic heterocycles. The lowest BCUT2D eigenvalue weighted by atomic mass is 9.87. The van der Waals surface area contributed by atoms with Crippen LogP contribution < -0.4 is 16.0 Å². The molecule has 6 atom stereocenters. The second-order valence-electron chi connectivity index (χ2n) is 9.55. The van der Waals surface area contributed by atoms with Gasteiger partial charge in [-0.2, -0.15) is 0 Å². The topological polar surface area (TPSA) is 90.5 Å². The smallest absolute Gasteiger partial charge is 0.246 e. The second kappa shape index (κ2) is 11.0. The van der Waals surface area contributed by atoms with Gasteiger partial charge in [0.15, 0.2) is 0 Å². The van der Waals surface area contributed by atoms with Gasteiger partial charge in [-0.1, -0.05) is 30.3 Å². The summed E-state index contributed by atoms with van der Waals surface area (Å²) in [5.41, 5.74) is 2.47. The molecule has 2 aliphatic heterocycles. The Morgan fingerprint density at radius 3 is 2.79 bits per heavy atom. The summed E-state index contributed by atoms with van der Waals surface area (Å²) >= 11 is 1.71. The lowest BCUT2D eigenvalue weighted by molar-refractivity contribution is -0.143. The Bertz CT molecular complexity index is 938. The lowest BCUT2D eigenvalue weighted by Gasteiger charge is -2.34. The third kappa shape index (κ3) is 5.03. The van der Waals surface area contributed by atoms with Gasteiger partial charge in [0.2, 0.25) is 17.7 Å². The maximum Gasteiger partial charge on any atom is 0.246 e. The standard InChI is InChI=1S/C26H36N4O3S/c1-4-8-18-15-22-30(26(33)21(13-14-34-22)29-24(31)16(2)27-3)23(18)25(32)28-20-12-7-10-17-9-5-6-11-19(17)20/h4-6,9,11,16,18,20-23,27H,1,7-8,10,12-15H2,2-3H3,(H,28,32)(H,29,31)/t16-,18?,20?,21-,22-,23?/m0/s1. The number of hydrogen-bond acceptors (Lipinski definition) is 5. The Labute approximate surface area is 206 Å². The van der Waals surface area contributed by atoms with Gasteiger partial charge in [0.05, 0.1) is 17.5 Å². The molecule has 2 heterocycles. The lowest BCUT2D eigenvalue weighted by Crippen LogP contribution is -2.57. The van der Waals surface area contributed by atoms with Crippen molar-refractivity contribution in [2.75, 3.05) is 12.8 Å². The third-order valence-corrected chi connectivity index (χ3v) is 8.67.